The average molecular weight is 364 g/mol. The first-order valence-corrected chi connectivity index (χ1v) is 9.99. The Balaban J connectivity index is 1.89. The highest BCUT2D eigenvalue weighted by atomic mass is 16.2. The maximum atomic E-state index is 13.1. The Bertz CT molecular complexity index is 807. The highest BCUT2D eigenvalue weighted by molar-refractivity contribution is 6.54. The van der Waals surface area contributed by atoms with Gasteiger partial charge in [-0.1, -0.05) is 57.5 Å². The number of fused-ring (bicyclic) bond motifs is 1. The van der Waals surface area contributed by atoms with Gasteiger partial charge >= 0.3 is 0 Å². The Morgan fingerprint density at radius 3 is 2.33 bits per heavy atom. The van der Waals surface area contributed by atoms with Gasteiger partial charge in [-0.15, -0.1) is 0 Å². The number of carbonyl (C=O) groups excluding carboxylic acids is 1. The fraction of sp³-hybridized carbons (Fsp3) is 0.391. The van der Waals surface area contributed by atoms with E-state index in [1.807, 2.05) is 41.3 Å². The Labute approximate surface area is 162 Å². The smallest absolute Gasteiger partial charge is 0.278 e. The zero-order valence-corrected chi connectivity index (χ0v) is 16.6. The Morgan fingerprint density at radius 1 is 0.963 bits per heavy atom. The van der Waals surface area contributed by atoms with Gasteiger partial charge in [0.15, 0.2) is 0 Å². The van der Waals surface area contributed by atoms with Crippen LogP contribution in [-0.4, -0.2) is 36.3 Å². The summed E-state index contributed by atoms with van der Waals surface area (Å²) in [4.78, 5) is 21.9. The molecule has 1 aliphatic rings. The van der Waals surface area contributed by atoms with Crippen molar-refractivity contribution in [3.8, 4) is 0 Å². The number of aryl methyl sites for hydroxylation is 1. The third-order valence-electron chi connectivity index (χ3n) is 5.13. The molecule has 2 aromatic rings. The largest absolute Gasteiger partial charge is 0.293 e. The molecule has 0 N–H and O–H groups in total. The van der Waals surface area contributed by atoms with E-state index in [0.29, 0.717) is 12.4 Å². The molecular weight excluding hydrogens is 334 g/mol. The van der Waals surface area contributed by atoms with E-state index in [1.165, 1.54) is 18.4 Å². The summed E-state index contributed by atoms with van der Waals surface area (Å²) in [5.41, 5.74) is 4.57. The van der Waals surface area contributed by atoms with Gasteiger partial charge < -0.3 is 0 Å². The molecular formula is C23H29N3O. The molecule has 0 unspecified atom stereocenters. The lowest BCUT2D eigenvalue weighted by Gasteiger charge is -2.25. The van der Waals surface area contributed by atoms with Gasteiger partial charge in [0.2, 0.25) is 0 Å². The van der Waals surface area contributed by atoms with Gasteiger partial charge in [-0.2, -0.15) is 0 Å². The Hall–Kier alpha value is -2.46. The average Bonchev–Trinajstić information content (AvgIpc) is 2.97. The number of para-hydroxylation sites is 1. The number of rotatable bonds is 8. The van der Waals surface area contributed by atoms with E-state index in [4.69, 9.17) is 4.99 Å². The van der Waals surface area contributed by atoms with Crippen molar-refractivity contribution >= 4 is 23.0 Å². The highest BCUT2D eigenvalue weighted by Crippen LogP contribution is 2.31. The molecule has 0 radical (unpaired) electrons. The first kappa shape index (κ1) is 19.3. The Kier molecular flexibility index (Phi) is 6.40. The second-order valence-electron chi connectivity index (χ2n) is 6.93. The van der Waals surface area contributed by atoms with Crippen LogP contribution in [0.5, 0.6) is 0 Å². The van der Waals surface area contributed by atoms with Gasteiger partial charge in [-0.25, -0.2) is 4.99 Å². The van der Waals surface area contributed by atoms with Crippen molar-refractivity contribution in [1.82, 2.24) is 4.90 Å². The topological polar surface area (TPSA) is 35.9 Å². The van der Waals surface area contributed by atoms with E-state index in [1.54, 1.807) is 0 Å². The van der Waals surface area contributed by atoms with Crippen LogP contribution in [0.4, 0.5) is 11.4 Å². The molecule has 2 aromatic carbocycles. The lowest BCUT2D eigenvalue weighted by atomic mass is 10.1. The molecule has 0 aromatic heterocycles. The normalized spacial score (nSPS) is 15.0. The number of unbranched alkanes of at least 4 members (excludes halogenated alkanes) is 1. The van der Waals surface area contributed by atoms with Crippen LogP contribution in [0, 0.1) is 0 Å². The van der Waals surface area contributed by atoms with Crippen LogP contribution < -0.4 is 4.90 Å². The lowest BCUT2D eigenvalue weighted by Crippen LogP contribution is -2.41. The van der Waals surface area contributed by atoms with E-state index in [9.17, 15) is 4.79 Å². The van der Waals surface area contributed by atoms with Crippen molar-refractivity contribution in [1.29, 1.82) is 0 Å². The number of hydrogen-bond donors (Lipinski definition) is 0. The molecule has 0 bridgehead atoms. The minimum Gasteiger partial charge on any atom is -0.293 e. The number of nitrogens with zero attached hydrogens (tertiary/aromatic N) is 3. The molecule has 3 rings (SSSR count). The van der Waals surface area contributed by atoms with Gasteiger partial charge in [-0.3, -0.25) is 14.6 Å². The SMILES string of the molecule is CCCCc1ccc(N=C2C(=O)N(CN(CC)CC)c3ccccc32)cc1. The summed E-state index contributed by atoms with van der Waals surface area (Å²) >= 11 is 0. The van der Waals surface area contributed by atoms with E-state index < -0.39 is 0 Å². The maximum absolute atomic E-state index is 13.1. The van der Waals surface area contributed by atoms with Crippen molar-refractivity contribution in [2.75, 3.05) is 24.7 Å². The number of aliphatic imine (C=N–C) groups is 1. The summed E-state index contributed by atoms with van der Waals surface area (Å²) in [5, 5.41) is 0. The third-order valence-corrected chi connectivity index (χ3v) is 5.13. The van der Waals surface area contributed by atoms with Crippen LogP contribution in [0.1, 0.15) is 44.7 Å². The summed E-state index contributed by atoms with van der Waals surface area (Å²) in [6.07, 6.45) is 3.48. The summed E-state index contributed by atoms with van der Waals surface area (Å²) in [7, 11) is 0. The summed E-state index contributed by atoms with van der Waals surface area (Å²) in [6, 6.07) is 16.2. The van der Waals surface area contributed by atoms with Gasteiger partial charge in [0.25, 0.3) is 5.91 Å². The van der Waals surface area contributed by atoms with Crippen LogP contribution in [0.15, 0.2) is 53.5 Å². The van der Waals surface area contributed by atoms with E-state index >= 15 is 0 Å². The predicted octanol–water partition coefficient (Wildman–Crippen LogP) is 4.80. The zero-order chi connectivity index (χ0) is 19.2. The number of benzene rings is 2. The monoisotopic (exact) mass is 363 g/mol. The van der Waals surface area contributed by atoms with Crippen molar-refractivity contribution in [3.05, 3.63) is 59.7 Å². The number of hydrogen-bond acceptors (Lipinski definition) is 3. The lowest BCUT2D eigenvalue weighted by molar-refractivity contribution is -0.112. The number of anilines is 1. The quantitative estimate of drug-likeness (QED) is 0.676. The fourth-order valence-electron chi connectivity index (χ4n) is 3.38. The van der Waals surface area contributed by atoms with Gasteiger partial charge in [-0.05, 0) is 49.7 Å². The van der Waals surface area contributed by atoms with Crippen molar-refractivity contribution in [3.63, 3.8) is 0 Å². The molecule has 0 atom stereocenters. The second-order valence-corrected chi connectivity index (χ2v) is 6.93. The number of carbonyl (C=O) groups is 1. The Morgan fingerprint density at radius 2 is 1.67 bits per heavy atom. The van der Waals surface area contributed by atoms with E-state index in [2.05, 4.69) is 37.8 Å². The van der Waals surface area contributed by atoms with E-state index in [0.717, 1.165) is 36.4 Å². The van der Waals surface area contributed by atoms with Gasteiger partial charge in [0.1, 0.15) is 5.71 Å². The van der Waals surface area contributed by atoms with Crippen molar-refractivity contribution in [2.45, 2.75) is 40.0 Å². The van der Waals surface area contributed by atoms with Gasteiger partial charge in [0, 0.05) is 5.56 Å². The first-order chi connectivity index (χ1) is 13.2. The number of amides is 1. The summed E-state index contributed by atoms with van der Waals surface area (Å²) in [6.45, 7) is 8.85. The highest BCUT2D eigenvalue weighted by Gasteiger charge is 2.34. The summed E-state index contributed by atoms with van der Waals surface area (Å²) in [5.74, 6) is -0.0156. The molecule has 4 heteroatoms. The minimum absolute atomic E-state index is 0.0156. The van der Waals surface area contributed by atoms with Crippen LogP contribution in [-0.2, 0) is 11.2 Å². The molecule has 0 spiro atoms. The zero-order valence-electron chi connectivity index (χ0n) is 16.6. The summed E-state index contributed by atoms with van der Waals surface area (Å²) < 4.78 is 0. The first-order valence-electron chi connectivity index (χ1n) is 9.99. The maximum Gasteiger partial charge on any atom is 0.278 e. The molecule has 1 aliphatic heterocycles. The van der Waals surface area contributed by atoms with Crippen LogP contribution in [0.25, 0.3) is 0 Å². The van der Waals surface area contributed by atoms with Gasteiger partial charge in [0.05, 0.1) is 18.0 Å². The molecule has 1 amide bonds. The van der Waals surface area contributed by atoms with Crippen LogP contribution in [0.2, 0.25) is 0 Å². The molecule has 142 valence electrons. The molecule has 27 heavy (non-hydrogen) atoms. The minimum atomic E-state index is -0.0156. The molecule has 4 nitrogen and oxygen atoms in total. The van der Waals surface area contributed by atoms with Crippen molar-refractivity contribution in [2.24, 2.45) is 4.99 Å². The van der Waals surface area contributed by atoms with Crippen molar-refractivity contribution < 1.29 is 4.79 Å². The molecule has 0 saturated heterocycles. The molecule has 0 fully saturated rings. The third kappa shape index (κ3) is 4.28. The van der Waals surface area contributed by atoms with E-state index in [-0.39, 0.29) is 5.91 Å². The standard InChI is InChI=1S/C23H29N3O/c1-4-7-10-18-13-15-19(16-14-18)24-22-20-11-8-9-12-21(20)26(23(22)27)17-25(5-2)6-3/h8-9,11-16H,4-7,10,17H2,1-3H3. The predicted molar refractivity (Wildman–Crippen MR) is 113 cm³/mol. The molecule has 0 saturated carbocycles. The van der Waals surface area contributed by atoms with Crippen LogP contribution >= 0.6 is 0 Å². The second kappa shape index (κ2) is 8.96. The van der Waals surface area contributed by atoms with Crippen LogP contribution in [0.3, 0.4) is 0 Å². The fourth-order valence-corrected chi connectivity index (χ4v) is 3.38. The molecule has 0 aliphatic carbocycles. The molecule has 1 heterocycles.